The number of alkyl carbamates (subject to hydrolysis) is 1. The second-order valence-electron chi connectivity index (χ2n) is 11.9. The molecule has 0 bridgehead atoms. The van der Waals surface area contributed by atoms with E-state index in [1.165, 1.54) is 11.3 Å². The minimum Gasteiger partial charge on any atom is -0.444 e. The van der Waals surface area contributed by atoms with Gasteiger partial charge in [0, 0.05) is 24.4 Å². The van der Waals surface area contributed by atoms with Gasteiger partial charge in [-0.05, 0) is 46.7 Å². The number of rotatable bonds is 14. The Morgan fingerprint density at radius 3 is 2.41 bits per heavy atom. The van der Waals surface area contributed by atoms with Crippen molar-refractivity contribution in [3.05, 3.63) is 24.0 Å². The van der Waals surface area contributed by atoms with E-state index in [1.807, 2.05) is 20.8 Å². The summed E-state index contributed by atoms with van der Waals surface area (Å²) in [5.41, 5.74) is -0.577. The third-order valence-electron chi connectivity index (χ3n) is 6.14. The fourth-order valence-corrected chi connectivity index (χ4v) is 5.65. The summed E-state index contributed by atoms with van der Waals surface area (Å²) in [4.78, 5) is 35.4. The van der Waals surface area contributed by atoms with E-state index in [2.05, 4.69) is 46.3 Å². The zero-order valence-electron chi connectivity index (χ0n) is 25.1. The molecule has 0 unspecified atom stereocenters. The molecule has 2 aromatic heterocycles. The number of likely N-dealkylation sites (tertiary alicyclic amines) is 1. The normalized spacial score (nSPS) is 15.2. The topological polar surface area (TPSA) is 128 Å². The number of thioether (sulfide) groups is 1. The second-order valence-corrected chi connectivity index (χ2v) is 14.2. The monoisotopic (exact) mass is 611 g/mol. The van der Waals surface area contributed by atoms with Gasteiger partial charge in [0.15, 0.2) is 5.13 Å². The third kappa shape index (κ3) is 12.7. The van der Waals surface area contributed by atoms with Crippen LogP contribution >= 0.6 is 23.1 Å². The van der Waals surface area contributed by atoms with Gasteiger partial charge in [0.1, 0.15) is 11.4 Å². The number of carbonyl (C=O) groups is 2. The lowest BCUT2D eigenvalue weighted by Gasteiger charge is -2.30. The first-order valence-corrected chi connectivity index (χ1v) is 15.9. The molecule has 0 atom stereocenters. The Bertz CT molecular complexity index is 1090. The maximum absolute atomic E-state index is 12.8. The van der Waals surface area contributed by atoms with E-state index in [-0.39, 0.29) is 17.2 Å². The zero-order chi connectivity index (χ0) is 29.9. The number of piperidine rings is 1. The van der Waals surface area contributed by atoms with Crippen LogP contribution in [-0.4, -0.2) is 85.1 Å². The van der Waals surface area contributed by atoms with Crippen molar-refractivity contribution in [1.29, 1.82) is 0 Å². The number of hydrogen-bond donors (Lipinski definition) is 2. The van der Waals surface area contributed by atoms with Crippen molar-refractivity contribution in [2.45, 2.75) is 75.4 Å². The van der Waals surface area contributed by atoms with Gasteiger partial charge in [-0.25, -0.2) is 14.8 Å². The molecule has 0 spiro atoms. The summed E-state index contributed by atoms with van der Waals surface area (Å²) in [5, 5.41) is 6.27. The van der Waals surface area contributed by atoms with Gasteiger partial charge in [-0.1, -0.05) is 32.1 Å². The van der Waals surface area contributed by atoms with Crippen LogP contribution in [0.5, 0.6) is 0 Å². The van der Waals surface area contributed by atoms with Crippen LogP contribution in [0.15, 0.2) is 21.0 Å². The van der Waals surface area contributed by atoms with E-state index >= 15 is 0 Å². The predicted octanol–water partition coefficient (Wildman–Crippen LogP) is 4.93. The van der Waals surface area contributed by atoms with Crippen molar-refractivity contribution < 1.29 is 28.2 Å². The minimum absolute atomic E-state index is 0.0157. The van der Waals surface area contributed by atoms with Crippen LogP contribution in [0.4, 0.5) is 9.93 Å². The first-order valence-electron chi connectivity index (χ1n) is 14.1. The number of hydrogen-bond acceptors (Lipinski definition) is 11. The number of aromatic nitrogens is 2. The second kappa shape index (κ2) is 15.9. The maximum Gasteiger partial charge on any atom is 0.407 e. The summed E-state index contributed by atoms with van der Waals surface area (Å²) in [6, 6.07) is 0. The Morgan fingerprint density at radius 2 is 1.76 bits per heavy atom. The van der Waals surface area contributed by atoms with Gasteiger partial charge in [-0.3, -0.25) is 4.79 Å². The molecule has 2 aromatic rings. The molecule has 2 N–H and O–H groups in total. The predicted molar refractivity (Wildman–Crippen MR) is 161 cm³/mol. The Labute approximate surface area is 251 Å². The molecule has 230 valence electrons. The Balaban J connectivity index is 1.22. The van der Waals surface area contributed by atoms with Crippen molar-refractivity contribution in [2.24, 2.45) is 5.92 Å². The standard InChI is InChI=1S/C28H45N5O6S2/c1-27(2,3)21-17-30-22(38-21)19-40-23-18-31-25(41-23)32-24(34)20-7-10-33(11-8-20)12-14-37-16-15-36-13-9-29-26(35)39-28(4,5)6/h17-18,20H,7-16,19H2,1-6H3,(H,29,35)(H,31,32,34). The molecule has 2 amide bonds. The number of thiazole rings is 1. The van der Waals surface area contributed by atoms with Crippen molar-refractivity contribution in [2.75, 3.05) is 57.9 Å². The molecule has 0 aromatic carbocycles. The number of nitrogens with one attached hydrogen (secondary N) is 2. The lowest BCUT2D eigenvalue weighted by atomic mass is 9.94. The van der Waals surface area contributed by atoms with Crippen molar-refractivity contribution in [1.82, 2.24) is 20.2 Å². The van der Waals surface area contributed by atoms with E-state index < -0.39 is 11.7 Å². The molecule has 1 saturated heterocycles. The highest BCUT2D eigenvalue weighted by Crippen LogP contribution is 2.32. The molecular formula is C28H45N5O6S2. The fourth-order valence-electron chi connectivity index (χ4n) is 3.92. The van der Waals surface area contributed by atoms with Crippen LogP contribution in [0.2, 0.25) is 0 Å². The quantitative estimate of drug-likeness (QED) is 0.224. The lowest BCUT2D eigenvalue weighted by Crippen LogP contribution is -2.39. The van der Waals surface area contributed by atoms with Gasteiger partial charge in [0.2, 0.25) is 11.8 Å². The van der Waals surface area contributed by atoms with Crippen LogP contribution in [0.25, 0.3) is 0 Å². The van der Waals surface area contributed by atoms with Crippen molar-refractivity contribution >= 4 is 40.2 Å². The molecule has 13 heteroatoms. The first-order chi connectivity index (χ1) is 19.4. The van der Waals surface area contributed by atoms with Crippen molar-refractivity contribution in [3.63, 3.8) is 0 Å². The lowest BCUT2D eigenvalue weighted by molar-refractivity contribution is -0.121. The molecule has 1 aliphatic heterocycles. The van der Waals surface area contributed by atoms with E-state index in [1.54, 1.807) is 24.2 Å². The molecule has 1 fully saturated rings. The summed E-state index contributed by atoms with van der Waals surface area (Å²) in [7, 11) is 0. The molecular weight excluding hydrogens is 566 g/mol. The largest absolute Gasteiger partial charge is 0.444 e. The Hall–Kier alpha value is -2.19. The third-order valence-corrected chi connectivity index (χ3v) is 8.23. The van der Waals surface area contributed by atoms with Gasteiger partial charge in [-0.2, -0.15) is 0 Å². The van der Waals surface area contributed by atoms with Gasteiger partial charge in [0.25, 0.3) is 0 Å². The van der Waals surface area contributed by atoms with E-state index in [4.69, 9.17) is 18.6 Å². The highest BCUT2D eigenvalue weighted by Gasteiger charge is 2.25. The first kappa shape index (κ1) is 33.3. The van der Waals surface area contributed by atoms with E-state index in [0.717, 1.165) is 42.4 Å². The number of ether oxygens (including phenoxy) is 3. The summed E-state index contributed by atoms with van der Waals surface area (Å²) in [5.74, 6) is 2.20. The van der Waals surface area contributed by atoms with Crippen LogP contribution in [0.1, 0.15) is 66.0 Å². The summed E-state index contributed by atoms with van der Waals surface area (Å²) >= 11 is 3.07. The smallest absolute Gasteiger partial charge is 0.407 e. The molecule has 11 nitrogen and oxygen atoms in total. The summed E-state index contributed by atoms with van der Waals surface area (Å²) in [6.07, 6.45) is 4.76. The average Bonchev–Trinajstić information content (AvgIpc) is 3.55. The van der Waals surface area contributed by atoms with Gasteiger partial charge in [-0.15, -0.1) is 11.8 Å². The summed E-state index contributed by atoms with van der Waals surface area (Å²) < 4.78 is 23.2. The highest BCUT2D eigenvalue weighted by molar-refractivity contribution is 8.00. The zero-order valence-corrected chi connectivity index (χ0v) is 26.8. The van der Waals surface area contributed by atoms with E-state index in [0.29, 0.717) is 49.7 Å². The molecule has 1 aliphatic rings. The molecule has 0 radical (unpaired) electrons. The van der Waals surface area contributed by atoms with Crippen LogP contribution in [0, 0.1) is 5.92 Å². The van der Waals surface area contributed by atoms with Gasteiger partial charge < -0.3 is 34.2 Å². The molecule has 41 heavy (non-hydrogen) atoms. The minimum atomic E-state index is -0.511. The number of carbonyl (C=O) groups excluding carboxylic acids is 2. The number of oxazole rings is 1. The van der Waals surface area contributed by atoms with Crippen LogP contribution in [0.3, 0.4) is 0 Å². The van der Waals surface area contributed by atoms with Gasteiger partial charge in [0.05, 0.1) is 48.8 Å². The molecule has 3 heterocycles. The number of amides is 2. The van der Waals surface area contributed by atoms with Gasteiger partial charge >= 0.3 is 6.09 Å². The van der Waals surface area contributed by atoms with E-state index in [9.17, 15) is 9.59 Å². The SMILES string of the molecule is CC(C)(C)OC(=O)NCCOCCOCCN1CCC(C(=O)Nc2ncc(SCc3ncc(C(C)(C)C)o3)s2)CC1. The highest BCUT2D eigenvalue weighted by atomic mass is 32.2. The Kier molecular flexibility index (Phi) is 12.9. The summed E-state index contributed by atoms with van der Waals surface area (Å²) in [6.45, 7) is 16.7. The average molecular weight is 612 g/mol. The number of anilines is 1. The fraction of sp³-hybridized carbons (Fsp3) is 0.714. The molecule has 3 rings (SSSR count). The number of nitrogens with zero attached hydrogens (tertiary/aromatic N) is 3. The van der Waals surface area contributed by atoms with Crippen molar-refractivity contribution in [3.8, 4) is 0 Å². The Morgan fingerprint density at radius 1 is 1.05 bits per heavy atom. The van der Waals surface area contributed by atoms with Crippen LogP contribution in [-0.2, 0) is 30.2 Å². The molecule has 0 aliphatic carbocycles. The van der Waals surface area contributed by atoms with Crippen LogP contribution < -0.4 is 10.6 Å². The molecule has 0 saturated carbocycles. The maximum atomic E-state index is 12.8.